The summed E-state index contributed by atoms with van der Waals surface area (Å²) in [7, 11) is -2.38. The summed E-state index contributed by atoms with van der Waals surface area (Å²) in [5.74, 6) is -1.34. The second kappa shape index (κ2) is 6.12. The Labute approximate surface area is 139 Å². The Morgan fingerprint density at radius 3 is 2.67 bits per heavy atom. The summed E-state index contributed by atoms with van der Waals surface area (Å²) in [6.07, 6.45) is 1.45. The normalized spacial score (nSPS) is 17.2. The third-order valence-corrected chi connectivity index (χ3v) is 5.80. The number of aromatic nitrogens is 1. The maximum Gasteiger partial charge on any atom is 0.311 e. The molecule has 0 fully saturated rings. The van der Waals surface area contributed by atoms with E-state index >= 15 is 0 Å². The van der Waals surface area contributed by atoms with Gasteiger partial charge in [-0.25, -0.2) is 13.4 Å². The number of carboxylic acid groups (broad SMARTS) is 1. The third kappa shape index (κ3) is 2.69. The molecule has 126 valence electrons. The van der Waals surface area contributed by atoms with E-state index in [1.807, 2.05) is 0 Å². The van der Waals surface area contributed by atoms with Crippen LogP contribution >= 0.6 is 0 Å². The summed E-state index contributed by atoms with van der Waals surface area (Å²) >= 11 is 0. The Balaban J connectivity index is 2.05. The molecule has 0 bridgehead atoms. The van der Waals surface area contributed by atoms with Gasteiger partial charge in [0.1, 0.15) is 4.90 Å². The van der Waals surface area contributed by atoms with Gasteiger partial charge in [-0.3, -0.25) is 9.10 Å². The smallest absolute Gasteiger partial charge is 0.311 e. The lowest BCUT2D eigenvalue weighted by Crippen LogP contribution is -2.38. The minimum absolute atomic E-state index is 0.0341. The molecular weight excluding hydrogens is 332 g/mol. The van der Waals surface area contributed by atoms with Gasteiger partial charge in [-0.2, -0.15) is 0 Å². The van der Waals surface area contributed by atoms with Gasteiger partial charge < -0.3 is 9.84 Å². The number of para-hydroxylation sites is 1. The molecule has 0 aliphatic carbocycles. The topological polar surface area (TPSA) is 96.8 Å². The highest BCUT2D eigenvalue weighted by molar-refractivity contribution is 7.92. The van der Waals surface area contributed by atoms with E-state index in [0.717, 1.165) is 0 Å². The zero-order valence-corrected chi connectivity index (χ0v) is 13.7. The molecule has 1 N–H and O–H groups in total. The van der Waals surface area contributed by atoms with Crippen LogP contribution in [0.2, 0.25) is 0 Å². The van der Waals surface area contributed by atoms with E-state index in [1.54, 1.807) is 24.3 Å². The van der Waals surface area contributed by atoms with Crippen molar-refractivity contribution in [3.05, 3.63) is 48.2 Å². The molecule has 2 heterocycles. The monoisotopic (exact) mass is 348 g/mol. The van der Waals surface area contributed by atoms with Gasteiger partial charge in [0.05, 0.1) is 24.9 Å². The lowest BCUT2D eigenvalue weighted by molar-refractivity contribution is -0.139. The van der Waals surface area contributed by atoms with Crippen molar-refractivity contribution in [1.82, 2.24) is 4.98 Å². The van der Waals surface area contributed by atoms with E-state index < -0.39 is 21.9 Å². The Bertz CT molecular complexity index is 864. The van der Waals surface area contributed by atoms with Crippen molar-refractivity contribution in [2.45, 2.75) is 17.2 Å². The highest BCUT2D eigenvalue weighted by Crippen LogP contribution is 2.38. The number of anilines is 1. The largest absolute Gasteiger partial charge is 0.481 e. The number of aliphatic carboxylic acids is 1. The fourth-order valence-corrected chi connectivity index (χ4v) is 4.26. The predicted octanol–water partition coefficient (Wildman–Crippen LogP) is 1.86. The molecule has 0 amide bonds. The molecule has 0 saturated heterocycles. The van der Waals surface area contributed by atoms with Crippen LogP contribution < -0.4 is 9.04 Å². The van der Waals surface area contributed by atoms with Crippen molar-refractivity contribution < 1.29 is 23.1 Å². The average Bonchev–Trinajstić information content (AvgIpc) is 2.60. The van der Waals surface area contributed by atoms with E-state index in [0.29, 0.717) is 17.1 Å². The molecule has 0 spiro atoms. The number of pyridine rings is 1. The number of carboxylic acids is 1. The van der Waals surface area contributed by atoms with Crippen LogP contribution in [0.15, 0.2) is 47.5 Å². The molecule has 8 heteroatoms. The first kappa shape index (κ1) is 16.3. The predicted molar refractivity (Wildman–Crippen MR) is 86.8 cm³/mol. The molecule has 24 heavy (non-hydrogen) atoms. The van der Waals surface area contributed by atoms with Gasteiger partial charge in [0.15, 0.2) is 0 Å². The Hall–Kier alpha value is -2.61. The molecule has 1 aromatic carbocycles. The zero-order chi connectivity index (χ0) is 17.3. The standard InChI is InChI=1S/C16H16N2O5S/c1-23-15-7-6-11(10-17-15)24(21,22)18-9-8-13(16(19)20)12-4-2-3-5-14(12)18/h2-7,10,13H,8-9H2,1H3,(H,19,20). The van der Waals surface area contributed by atoms with Crippen LogP contribution in [-0.2, 0) is 14.8 Å². The van der Waals surface area contributed by atoms with Crippen molar-refractivity contribution in [2.75, 3.05) is 18.0 Å². The molecular formula is C16H16N2O5S. The van der Waals surface area contributed by atoms with Crippen molar-refractivity contribution in [3.63, 3.8) is 0 Å². The lowest BCUT2D eigenvalue weighted by atomic mass is 9.91. The first-order chi connectivity index (χ1) is 11.4. The van der Waals surface area contributed by atoms with E-state index in [4.69, 9.17) is 4.74 Å². The summed E-state index contributed by atoms with van der Waals surface area (Å²) in [6.45, 7) is 0.0995. The van der Waals surface area contributed by atoms with Crippen LogP contribution in [0.4, 0.5) is 5.69 Å². The Morgan fingerprint density at radius 1 is 1.29 bits per heavy atom. The number of carbonyl (C=O) groups is 1. The van der Waals surface area contributed by atoms with Crippen LogP contribution in [0.5, 0.6) is 5.88 Å². The number of ether oxygens (including phenoxy) is 1. The molecule has 1 unspecified atom stereocenters. The molecule has 0 saturated carbocycles. The minimum atomic E-state index is -3.83. The van der Waals surface area contributed by atoms with Crippen molar-refractivity contribution >= 4 is 21.7 Å². The first-order valence-electron chi connectivity index (χ1n) is 7.29. The Morgan fingerprint density at radius 2 is 2.04 bits per heavy atom. The molecule has 3 rings (SSSR count). The number of hydrogen-bond acceptors (Lipinski definition) is 5. The molecule has 1 aromatic heterocycles. The second-order valence-corrected chi connectivity index (χ2v) is 7.21. The van der Waals surface area contributed by atoms with Crippen molar-refractivity contribution in [1.29, 1.82) is 0 Å². The number of methoxy groups -OCH3 is 1. The van der Waals surface area contributed by atoms with Gasteiger partial charge >= 0.3 is 5.97 Å². The summed E-state index contributed by atoms with van der Waals surface area (Å²) in [5, 5.41) is 9.36. The first-order valence-corrected chi connectivity index (χ1v) is 8.73. The zero-order valence-electron chi connectivity index (χ0n) is 12.9. The highest BCUT2D eigenvalue weighted by Gasteiger charge is 2.35. The van der Waals surface area contributed by atoms with Gasteiger partial charge in [0.2, 0.25) is 5.88 Å². The maximum absolute atomic E-state index is 12.9. The average molecular weight is 348 g/mol. The summed E-state index contributed by atoms with van der Waals surface area (Å²) in [4.78, 5) is 15.4. The van der Waals surface area contributed by atoms with Crippen LogP contribution in [0.25, 0.3) is 0 Å². The minimum Gasteiger partial charge on any atom is -0.481 e. The van der Waals surface area contributed by atoms with Gasteiger partial charge in [-0.05, 0) is 24.1 Å². The molecule has 7 nitrogen and oxygen atoms in total. The van der Waals surface area contributed by atoms with Crippen LogP contribution in [-0.4, -0.2) is 38.1 Å². The molecule has 0 radical (unpaired) electrons. The van der Waals surface area contributed by atoms with Crippen LogP contribution in [0, 0.1) is 0 Å². The summed E-state index contributed by atoms with van der Waals surface area (Å²) in [6, 6.07) is 9.58. The van der Waals surface area contributed by atoms with Crippen molar-refractivity contribution in [3.8, 4) is 5.88 Å². The maximum atomic E-state index is 12.9. The van der Waals surface area contributed by atoms with E-state index in [9.17, 15) is 18.3 Å². The van der Waals surface area contributed by atoms with Crippen molar-refractivity contribution in [2.24, 2.45) is 0 Å². The number of hydrogen-bond donors (Lipinski definition) is 1. The molecule has 1 aliphatic rings. The van der Waals surface area contributed by atoms with Crippen LogP contribution in [0.3, 0.4) is 0 Å². The highest BCUT2D eigenvalue weighted by atomic mass is 32.2. The quantitative estimate of drug-likeness (QED) is 0.906. The van der Waals surface area contributed by atoms with Gasteiger partial charge in [0.25, 0.3) is 10.0 Å². The number of sulfonamides is 1. The number of nitrogens with zero attached hydrogens (tertiary/aromatic N) is 2. The van der Waals surface area contributed by atoms with E-state index in [2.05, 4.69) is 4.98 Å². The molecule has 2 aromatic rings. The van der Waals surface area contributed by atoms with Gasteiger partial charge in [0, 0.05) is 12.6 Å². The molecule has 1 atom stereocenters. The lowest BCUT2D eigenvalue weighted by Gasteiger charge is -2.33. The van der Waals surface area contributed by atoms with Gasteiger partial charge in [-0.15, -0.1) is 0 Å². The molecule has 1 aliphatic heterocycles. The van der Waals surface area contributed by atoms with Gasteiger partial charge in [-0.1, -0.05) is 18.2 Å². The number of fused-ring (bicyclic) bond motifs is 1. The van der Waals surface area contributed by atoms with Crippen LogP contribution in [0.1, 0.15) is 17.9 Å². The third-order valence-electron chi connectivity index (χ3n) is 4.01. The fourth-order valence-electron chi connectivity index (χ4n) is 2.81. The fraction of sp³-hybridized carbons (Fsp3) is 0.250. The Kier molecular flexibility index (Phi) is 4.15. The van der Waals surface area contributed by atoms with E-state index in [-0.39, 0.29) is 17.9 Å². The summed E-state index contributed by atoms with van der Waals surface area (Å²) in [5.41, 5.74) is 0.897. The van der Waals surface area contributed by atoms with E-state index in [1.165, 1.54) is 29.7 Å². The number of rotatable bonds is 4. The second-order valence-electron chi connectivity index (χ2n) is 5.35. The number of benzene rings is 1. The SMILES string of the molecule is COc1ccc(S(=O)(=O)N2CCC(C(=O)O)c3ccccc32)cn1. The summed E-state index contributed by atoms with van der Waals surface area (Å²) < 4.78 is 32.0.